The van der Waals surface area contributed by atoms with Crippen molar-refractivity contribution in [2.45, 2.75) is 0 Å². The molecule has 7 heteroatoms. The Balaban J connectivity index is 1.84. The lowest BCUT2D eigenvalue weighted by molar-refractivity contribution is 1.17. The second kappa shape index (κ2) is 6.28. The fourth-order valence-electron chi connectivity index (χ4n) is 1.84. The van der Waals surface area contributed by atoms with Crippen molar-refractivity contribution < 1.29 is 0 Å². The Kier molecular flexibility index (Phi) is 4.02. The van der Waals surface area contributed by atoms with Crippen molar-refractivity contribution in [2.24, 2.45) is 0 Å². The number of nitrogens with zero attached hydrogens (tertiary/aromatic N) is 3. The second-order valence-corrected chi connectivity index (χ2v) is 4.92. The number of aromatic nitrogens is 3. The molecule has 0 bridgehead atoms. The molecule has 0 amide bonds. The van der Waals surface area contributed by atoms with Gasteiger partial charge in [0.1, 0.15) is 12.0 Å². The molecular weight excluding hydrogens is 300 g/mol. The zero-order valence-corrected chi connectivity index (χ0v) is 12.2. The molecule has 2 aromatic heterocycles. The van der Waals surface area contributed by atoms with Crippen LogP contribution in [0.2, 0.25) is 5.02 Å². The summed E-state index contributed by atoms with van der Waals surface area (Å²) in [6.45, 7) is 0. The van der Waals surface area contributed by atoms with Crippen LogP contribution in [0.1, 0.15) is 0 Å². The van der Waals surface area contributed by atoms with Gasteiger partial charge in [-0.2, -0.15) is 0 Å². The number of anilines is 5. The normalized spacial score (nSPS) is 10.2. The Hall–Kier alpha value is -2.86. The van der Waals surface area contributed by atoms with Gasteiger partial charge in [-0.05, 0) is 36.4 Å². The van der Waals surface area contributed by atoms with E-state index in [0.717, 1.165) is 11.4 Å². The third-order valence-electron chi connectivity index (χ3n) is 2.92. The fourth-order valence-corrected chi connectivity index (χ4v) is 1.96. The van der Waals surface area contributed by atoms with Gasteiger partial charge in [0.05, 0.1) is 11.9 Å². The van der Waals surface area contributed by atoms with E-state index in [9.17, 15) is 0 Å². The lowest BCUT2D eigenvalue weighted by Gasteiger charge is -2.12. The summed E-state index contributed by atoms with van der Waals surface area (Å²) in [4.78, 5) is 12.4. The van der Waals surface area contributed by atoms with Gasteiger partial charge in [0.25, 0.3) is 0 Å². The van der Waals surface area contributed by atoms with Gasteiger partial charge in [-0.1, -0.05) is 11.6 Å². The van der Waals surface area contributed by atoms with Gasteiger partial charge in [0, 0.05) is 16.9 Å². The van der Waals surface area contributed by atoms with Crippen LogP contribution < -0.4 is 16.4 Å². The molecule has 4 N–H and O–H groups in total. The monoisotopic (exact) mass is 312 g/mol. The van der Waals surface area contributed by atoms with Crippen LogP contribution in [0.3, 0.4) is 0 Å². The van der Waals surface area contributed by atoms with E-state index in [1.165, 1.54) is 6.33 Å². The second-order valence-electron chi connectivity index (χ2n) is 4.48. The van der Waals surface area contributed by atoms with Gasteiger partial charge in [-0.25, -0.2) is 9.97 Å². The maximum atomic E-state index is 6.11. The number of nitrogens with two attached hydrogens (primary N) is 1. The fraction of sp³-hybridized carbons (Fsp3) is 0. The maximum Gasteiger partial charge on any atom is 0.159 e. The Morgan fingerprint density at radius 2 is 1.59 bits per heavy atom. The molecule has 0 aliphatic heterocycles. The first-order chi connectivity index (χ1) is 10.7. The highest BCUT2D eigenvalue weighted by Gasteiger charge is 2.08. The lowest BCUT2D eigenvalue weighted by Crippen LogP contribution is -2.05. The van der Waals surface area contributed by atoms with Crippen LogP contribution in [0, 0.1) is 0 Å². The topological polar surface area (TPSA) is 88.8 Å². The van der Waals surface area contributed by atoms with Crippen molar-refractivity contribution in [1.29, 1.82) is 0 Å². The predicted octanol–water partition coefficient (Wildman–Crippen LogP) is 3.59. The molecule has 0 atom stereocenters. The summed E-state index contributed by atoms with van der Waals surface area (Å²) in [7, 11) is 0. The summed E-state index contributed by atoms with van der Waals surface area (Å²) < 4.78 is 0. The first kappa shape index (κ1) is 14.1. The molecule has 3 aromatic rings. The molecule has 110 valence electrons. The van der Waals surface area contributed by atoms with Crippen LogP contribution in [-0.4, -0.2) is 15.0 Å². The minimum atomic E-state index is 0.418. The molecule has 1 aromatic carbocycles. The highest BCUT2D eigenvalue weighted by atomic mass is 35.5. The highest BCUT2D eigenvalue weighted by Crippen LogP contribution is 2.28. The molecule has 6 nitrogen and oxygen atoms in total. The van der Waals surface area contributed by atoms with Gasteiger partial charge in [0.15, 0.2) is 11.6 Å². The van der Waals surface area contributed by atoms with E-state index < -0.39 is 0 Å². The Morgan fingerprint density at radius 3 is 2.23 bits per heavy atom. The van der Waals surface area contributed by atoms with Crippen molar-refractivity contribution in [3.05, 3.63) is 60.1 Å². The Bertz CT molecular complexity index is 761. The zero-order valence-electron chi connectivity index (χ0n) is 11.5. The summed E-state index contributed by atoms with van der Waals surface area (Å²) in [5.74, 6) is 1.03. The van der Waals surface area contributed by atoms with Crippen LogP contribution in [0.4, 0.5) is 28.7 Å². The van der Waals surface area contributed by atoms with Crippen LogP contribution in [0.15, 0.2) is 55.1 Å². The first-order valence-electron chi connectivity index (χ1n) is 6.52. The first-order valence-corrected chi connectivity index (χ1v) is 6.90. The van der Waals surface area contributed by atoms with Crippen molar-refractivity contribution in [1.82, 2.24) is 15.0 Å². The third-order valence-corrected chi connectivity index (χ3v) is 3.17. The number of nitrogens with one attached hydrogen (secondary N) is 2. The molecule has 0 unspecified atom stereocenters. The van der Waals surface area contributed by atoms with Gasteiger partial charge in [-0.15, -0.1) is 0 Å². The Morgan fingerprint density at radius 1 is 0.909 bits per heavy atom. The smallest absolute Gasteiger partial charge is 0.159 e. The predicted molar refractivity (Wildman–Crippen MR) is 88.7 cm³/mol. The van der Waals surface area contributed by atoms with Crippen LogP contribution in [0.25, 0.3) is 0 Å². The van der Waals surface area contributed by atoms with Crippen molar-refractivity contribution >= 4 is 40.3 Å². The molecule has 0 saturated heterocycles. The van der Waals surface area contributed by atoms with E-state index in [0.29, 0.717) is 22.3 Å². The van der Waals surface area contributed by atoms with Crippen molar-refractivity contribution in [3.63, 3.8) is 0 Å². The molecule has 0 spiro atoms. The van der Waals surface area contributed by atoms with Gasteiger partial charge >= 0.3 is 0 Å². The minimum absolute atomic E-state index is 0.418. The maximum absolute atomic E-state index is 6.11. The van der Waals surface area contributed by atoms with Crippen molar-refractivity contribution in [3.8, 4) is 0 Å². The number of benzene rings is 1. The summed E-state index contributed by atoms with van der Waals surface area (Å²) in [6, 6.07) is 11.0. The van der Waals surface area contributed by atoms with E-state index >= 15 is 0 Å². The zero-order chi connectivity index (χ0) is 15.4. The molecule has 0 radical (unpaired) electrons. The third kappa shape index (κ3) is 3.24. The van der Waals surface area contributed by atoms with Crippen LogP contribution in [-0.2, 0) is 0 Å². The minimum Gasteiger partial charge on any atom is -0.393 e. The van der Waals surface area contributed by atoms with E-state index in [4.69, 9.17) is 17.3 Å². The average Bonchev–Trinajstić information content (AvgIpc) is 2.54. The van der Waals surface area contributed by atoms with Gasteiger partial charge < -0.3 is 16.4 Å². The quantitative estimate of drug-likeness (QED) is 0.682. The van der Waals surface area contributed by atoms with E-state index in [1.807, 2.05) is 24.3 Å². The summed E-state index contributed by atoms with van der Waals surface area (Å²) in [5.41, 5.74) is 8.16. The highest BCUT2D eigenvalue weighted by molar-refractivity contribution is 6.30. The lowest BCUT2D eigenvalue weighted by atomic mass is 10.3. The van der Waals surface area contributed by atoms with E-state index in [-0.39, 0.29) is 0 Å². The standard InChI is InChI=1S/C15H13ClN6/c16-10-3-5-11(6-4-10)21-14-13(17)15(20-9-19-14)22-12-2-1-7-18-8-12/h1-9H,17H2,(H2,19,20,21,22). The summed E-state index contributed by atoms with van der Waals surface area (Å²) in [5, 5.41) is 6.91. The summed E-state index contributed by atoms with van der Waals surface area (Å²) >= 11 is 5.87. The number of hydrogen-bond acceptors (Lipinski definition) is 6. The molecule has 0 fully saturated rings. The number of pyridine rings is 1. The van der Waals surface area contributed by atoms with Crippen LogP contribution in [0.5, 0.6) is 0 Å². The molecular formula is C15H13ClN6. The number of halogens is 1. The summed E-state index contributed by atoms with van der Waals surface area (Å²) in [6.07, 6.45) is 4.82. The molecule has 2 heterocycles. The molecule has 0 saturated carbocycles. The van der Waals surface area contributed by atoms with Gasteiger partial charge in [-0.3, -0.25) is 4.98 Å². The Labute approximate surface area is 132 Å². The number of rotatable bonds is 4. The van der Waals surface area contributed by atoms with Gasteiger partial charge in [0.2, 0.25) is 0 Å². The SMILES string of the molecule is Nc1c(Nc2ccc(Cl)cc2)ncnc1Nc1cccnc1. The molecule has 0 aliphatic carbocycles. The molecule has 22 heavy (non-hydrogen) atoms. The molecule has 0 aliphatic rings. The largest absolute Gasteiger partial charge is 0.393 e. The average molecular weight is 313 g/mol. The van der Waals surface area contributed by atoms with E-state index in [1.54, 1.807) is 24.5 Å². The number of nitrogen functional groups attached to an aromatic ring is 1. The van der Waals surface area contributed by atoms with Crippen molar-refractivity contribution in [2.75, 3.05) is 16.4 Å². The van der Waals surface area contributed by atoms with Crippen LogP contribution >= 0.6 is 11.6 Å². The van der Waals surface area contributed by atoms with E-state index in [2.05, 4.69) is 25.6 Å². The molecule has 3 rings (SSSR count). The number of hydrogen-bond donors (Lipinski definition) is 3.